The number of aromatic nitrogens is 4. The topological polar surface area (TPSA) is 86.2 Å². The lowest BCUT2D eigenvalue weighted by atomic mass is 10.1. The van der Waals surface area contributed by atoms with Crippen LogP contribution in [0.2, 0.25) is 0 Å². The fourth-order valence-electron chi connectivity index (χ4n) is 2.72. The maximum atomic E-state index is 13.6. The van der Waals surface area contributed by atoms with Crippen LogP contribution in [0, 0.1) is 15.9 Å². The van der Waals surface area contributed by atoms with Crippen molar-refractivity contribution >= 4 is 11.5 Å². The van der Waals surface area contributed by atoms with E-state index in [4.69, 9.17) is 0 Å². The van der Waals surface area contributed by atoms with E-state index >= 15 is 0 Å². The van der Waals surface area contributed by atoms with Gasteiger partial charge >= 0.3 is 5.69 Å². The Bertz CT molecular complexity index is 1110. The molecule has 2 heterocycles. The number of benzene rings is 2. The Balaban J connectivity index is 1.79. The van der Waals surface area contributed by atoms with E-state index in [1.54, 1.807) is 12.3 Å². The Hall–Kier alpha value is -3.68. The number of nitro benzene ring substituents is 1. The number of hydrogen-bond acceptors (Lipinski definition) is 5. The van der Waals surface area contributed by atoms with Crippen molar-refractivity contribution in [2.75, 3.05) is 0 Å². The van der Waals surface area contributed by atoms with Crippen LogP contribution in [0.25, 0.3) is 17.0 Å². The molecule has 128 valence electrons. The highest BCUT2D eigenvalue weighted by Gasteiger charge is 2.17. The van der Waals surface area contributed by atoms with E-state index in [1.165, 1.54) is 16.6 Å². The first-order valence-electron chi connectivity index (χ1n) is 7.81. The summed E-state index contributed by atoms with van der Waals surface area (Å²) in [6.45, 7) is 0. The standard InChI is InChI=1S/C18H12FN5O2/c19-14-7-6-13(11-16(14)24(25)26)15-8-9-20-18-21-17(22-23(15)18)10-12-4-2-1-3-5-12/h1-9,11H,10H2. The van der Waals surface area contributed by atoms with Crippen molar-refractivity contribution in [3.8, 4) is 11.3 Å². The quantitative estimate of drug-likeness (QED) is 0.416. The number of halogens is 1. The minimum Gasteiger partial charge on any atom is -0.258 e. The first-order valence-corrected chi connectivity index (χ1v) is 7.81. The maximum absolute atomic E-state index is 13.6. The average Bonchev–Trinajstić information content (AvgIpc) is 3.05. The van der Waals surface area contributed by atoms with Crippen LogP contribution in [0.4, 0.5) is 10.1 Å². The fraction of sp³-hybridized carbons (Fsp3) is 0.0556. The Morgan fingerprint density at radius 1 is 1.12 bits per heavy atom. The molecule has 0 radical (unpaired) electrons. The monoisotopic (exact) mass is 349 g/mol. The van der Waals surface area contributed by atoms with Gasteiger partial charge in [-0.1, -0.05) is 30.3 Å². The van der Waals surface area contributed by atoms with Crippen LogP contribution in [0.5, 0.6) is 0 Å². The second kappa shape index (κ2) is 6.32. The Labute approximate surface area is 146 Å². The third-order valence-electron chi connectivity index (χ3n) is 3.93. The van der Waals surface area contributed by atoms with Gasteiger partial charge in [-0.25, -0.2) is 4.98 Å². The van der Waals surface area contributed by atoms with Crippen molar-refractivity contribution in [2.45, 2.75) is 6.42 Å². The maximum Gasteiger partial charge on any atom is 0.305 e. The molecular formula is C18H12FN5O2. The molecule has 26 heavy (non-hydrogen) atoms. The summed E-state index contributed by atoms with van der Waals surface area (Å²) in [5.74, 6) is 0.0700. The molecule has 8 heteroatoms. The fourth-order valence-corrected chi connectivity index (χ4v) is 2.72. The van der Waals surface area contributed by atoms with E-state index in [0.717, 1.165) is 11.6 Å². The second-order valence-electron chi connectivity index (χ2n) is 5.66. The molecule has 0 saturated heterocycles. The third kappa shape index (κ3) is 2.88. The Kier molecular flexibility index (Phi) is 3.85. The summed E-state index contributed by atoms with van der Waals surface area (Å²) >= 11 is 0. The molecule has 4 aromatic rings. The average molecular weight is 349 g/mol. The molecule has 2 aromatic heterocycles. The molecule has 7 nitrogen and oxygen atoms in total. The Morgan fingerprint density at radius 2 is 1.92 bits per heavy atom. The van der Waals surface area contributed by atoms with Gasteiger partial charge in [-0.2, -0.15) is 13.9 Å². The zero-order valence-electron chi connectivity index (χ0n) is 13.4. The van der Waals surface area contributed by atoms with Gasteiger partial charge in [-0.3, -0.25) is 10.1 Å². The lowest BCUT2D eigenvalue weighted by Gasteiger charge is -2.04. The molecule has 0 aliphatic rings. The van der Waals surface area contributed by atoms with E-state index in [9.17, 15) is 14.5 Å². The summed E-state index contributed by atoms with van der Waals surface area (Å²) in [4.78, 5) is 18.8. The van der Waals surface area contributed by atoms with Crippen LogP contribution in [-0.4, -0.2) is 24.5 Å². The van der Waals surface area contributed by atoms with Gasteiger partial charge in [0.15, 0.2) is 5.82 Å². The molecule has 2 aromatic carbocycles. The normalized spacial score (nSPS) is 11.0. The van der Waals surface area contributed by atoms with E-state index in [2.05, 4.69) is 15.1 Å². The summed E-state index contributed by atoms with van der Waals surface area (Å²) in [7, 11) is 0. The van der Waals surface area contributed by atoms with Crippen LogP contribution in [0.15, 0.2) is 60.8 Å². The first kappa shape index (κ1) is 15.8. The van der Waals surface area contributed by atoms with Crippen molar-refractivity contribution < 1.29 is 9.31 Å². The molecule has 0 amide bonds. The third-order valence-corrected chi connectivity index (χ3v) is 3.93. The lowest BCUT2D eigenvalue weighted by Crippen LogP contribution is -1.98. The highest BCUT2D eigenvalue weighted by atomic mass is 19.1. The number of nitrogens with zero attached hydrogens (tertiary/aromatic N) is 5. The SMILES string of the molecule is O=[N+]([O-])c1cc(-c2ccnc3nc(Cc4ccccc4)nn23)ccc1F. The van der Waals surface area contributed by atoms with Crippen LogP contribution in [-0.2, 0) is 6.42 Å². The van der Waals surface area contributed by atoms with Crippen LogP contribution >= 0.6 is 0 Å². The second-order valence-corrected chi connectivity index (χ2v) is 5.66. The Morgan fingerprint density at radius 3 is 2.69 bits per heavy atom. The summed E-state index contributed by atoms with van der Waals surface area (Å²) in [5.41, 5.74) is 1.48. The van der Waals surface area contributed by atoms with E-state index in [0.29, 0.717) is 29.3 Å². The summed E-state index contributed by atoms with van der Waals surface area (Å²) in [5, 5.41) is 15.5. The molecule has 0 bridgehead atoms. The van der Waals surface area contributed by atoms with Crippen molar-refractivity contribution in [1.82, 2.24) is 19.6 Å². The van der Waals surface area contributed by atoms with Crippen molar-refractivity contribution in [2.24, 2.45) is 0 Å². The molecule has 0 aliphatic carbocycles. The first-order chi connectivity index (χ1) is 12.6. The lowest BCUT2D eigenvalue weighted by molar-refractivity contribution is -0.387. The van der Waals surface area contributed by atoms with Crippen LogP contribution in [0.3, 0.4) is 0 Å². The molecule has 0 fully saturated rings. The highest BCUT2D eigenvalue weighted by Crippen LogP contribution is 2.26. The molecule has 4 rings (SSSR count). The van der Waals surface area contributed by atoms with Gasteiger partial charge in [0.25, 0.3) is 5.78 Å². The van der Waals surface area contributed by atoms with Crippen molar-refractivity contribution in [3.05, 3.63) is 88.1 Å². The number of hydrogen-bond donors (Lipinski definition) is 0. The van der Waals surface area contributed by atoms with Gasteiger partial charge in [-0.05, 0) is 23.8 Å². The molecule has 0 N–H and O–H groups in total. The van der Waals surface area contributed by atoms with Gasteiger partial charge < -0.3 is 0 Å². The van der Waals surface area contributed by atoms with Crippen LogP contribution in [0.1, 0.15) is 11.4 Å². The molecule has 0 aliphatic heterocycles. The number of rotatable bonds is 4. The van der Waals surface area contributed by atoms with Gasteiger partial charge in [-0.15, -0.1) is 5.10 Å². The van der Waals surface area contributed by atoms with Crippen molar-refractivity contribution in [1.29, 1.82) is 0 Å². The minimum absolute atomic E-state index is 0.375. The minimum atomic E-state index is -0.882. The van der Waals surface area contributed by atoms with Gasteiger partial charge in [0.1, 0.15) is 0 Å². The van der Waals surface area contributed by atoms with E-state index in [-0.39, 0.29) is 0 Å². The van der Waals surface area contributed by atoms with Gasteiger partial charge in [0.2, 0.25) is 5.82 Å². The highest BCUT2D eigenvalue weighted by molar-refractivity contribution is 5.64. The van der Waals surface area contributed by atoms with Gasteiger partial charge in [0.05, 0.1) is 10.6 Å². The smallest absolute Gasteiger partial charge is 0.258 e. The summed E-state index contributed by atoms with van der Waals surface area (Å²) in [6.07, 6.45) is 2.08. The zero-order chi connectivity index (χ0) is 18.1. The van der Waals surface area contributed by atoms with Crippen molar-refractivity contribution in [3.63, 3.8) is 0 Å². The molecule has 0 spiro atoms. The predicted molar refractivity (Wildman–Crippen MR) is 92.1 cm³/mol. The largest absolute Gasteiger partial charge is 0.305 e. The molecule has 0 atom stereocenters. The summed E-state index contributed by atoms with van der Waals surface area (Å²) < 4.78 is 15.1. The number of fused-ring (bicyclic) bond motifs is 1. The van der Waals surface area contributed by atoms with Gasteiger partial charge in [0, 0.05) is 24.2 Å². The number of nitro groups is 1. The molecular weight excluding hydrogens is 337 g/mol. The molecule has 0 saturated carbocycles. The zero-order valence-corrected chi connectivity index (χ0v) is 13.4. The van der Waals surface area contributed by atoms with E-state index < -0.39 is 16.4 Å². The predicted octanol–water partition coefficient (Wildman–Crippen LogP) is 3.43. The van der Waals surface area contributed by atoms with E-state index in [1.807, 2.05) is 30.3 Å². The van der Waals surface area contributed by atoms with Crippen LogP contribution < -0.4 is 0 Å². The molecule has 0 unspecified atom stereocenters. The summed E-state index contributed by atoms with van der Waals surface area (Å²) in [6, 6.07) is 15.1.